The van der Waals surface area contributed by atoms with Crippen LogP contribution < -0.4 is 4.90 Å². The van der Waals surface area contributed by atoms with Gasteiger partial charge in [-0.2, -0.15) is 5.26 Å². The first-order valence-corrected chi connectivity index (χ1v) is 5.73. The van der Waals surface area contributed by atoms with Gasteiger partial charge in [0.15, 0.2) is 6.10 Å². The maximum absolute atomic E-state index is 13.4. The predicted octanol–water partition coefficient (Wildman–Crippen LogP) is 1.77. The van der Waals surface area contributed by atoms with Crippen molar-refractivity contribution in [2.45, 2.75) is 13.0 Å². The molecule has 1 aromatic rings. The Morgan fingerprint density at radius 3 is 3.00 bits per heavy atom. The molecule has 1 fully saturated rings. The molecule has 1 aliphatic rings. The lowest BCUT2D eigenvalue weighted by atomic mass is 10.1. The highest BCUT2D eigenvalue weighted by molar-refractivity contribution is 5.65. The van der Waals surface area contributed by atoms with E-state index in [1.54, 1.807) is 11.8 Å². The lowest BCUT2D eigenvalue weighted by Crippen LogP contribution is -2.42. The first kappa shape index (κ1) is 13.2. The summed E-state index contributed by atoms with van der Waals surface area (Å²) in [7, 11) is 0. The Kier molecular flexibility index (Phi) is 3.62. The van der Waals surface area contributed by atoms with Gasteiger partial charge >= 0.3 is 0 Å². The van der Waals surface area contributed by atoms with E-state index in [9.17, 15) is 14.5 Å². The van der Waals surface area contributed by atoms with E-state index in [0.29, 0.717) is 24.4 Å². The van der Waals surface area contributed by atoms with Gasteiger partial charge in [0.2, 0.25) is 0 Å². The minimum absolute atomic E-state index is 0.239. The van der Waals surface area contributed by atoms with Crippen LogP contribution in [0.15, 0.2) is 12.1 Å². The molecule has 7 heteroatoms. The van der Waals surface area contributed by atoms with Gasteiger partial charge in [0.25, 0.3) is 5.69 Å². The highest BCUT2D eigenvalue weighted by atomic mass is 19.1. The van der Waals surface area contributed by atoms with Gasteiger partial charge in [0, 0.05) is 6.54 Å². The average Bonchev–Trinajstić information content (AvgIpc) is 2.41. The Bertz CT molecular complexity index is 556. The number of morpholine rings is 1. The molecular weight excluding hydrogens is 253 g/mol. The highest BCUT2D eigenvalue weighted by Gasteiger charge is 2.27. The summed E-state index contributed by atoms with van der Waals surface area (Å²) < 4.78 is 18.6. The van der Waals surface area contributed by atoms with E-state index in [1.165, 1.54) is 6.07 Å². The molecule has 1 heterocycles. The standard InChI is InChI=1S/C12H12FN3O3/c1-8-4-11(12(16(17)18)5-10(8)13)15-2-3-19-9(6-14)7-15/h4-5,9H,2-3,7H2,1H3. The highest BCUT2D eigenvalue weighted by Crippen LogP contribution is 2.31. The van der Waals surface area contributed by atoms with Gasteiger partial charge in [-0.1, -0.05) is 0 Å². The number of hydrogen-bond donors (Lipinski definition) is 0. The molecule has 0 amide bonds. The number of benzene rings is 1. The third kappa shape index (κ3) is 2.63. The summed E-state index contributed by atoms with van der Waals surface area (Å²) in [5.74, 6) is -0.611. The monoisotopic (exact) mass is 265 g/mol. The van der Waals surface area contributed by atoms with Gasteiger partial charge < -0.3 is 9.64 Å². The molecule has 1 unspecified atom stereocenters. The second-order valence-corrected chi connectivity index (χ2v) is 4.28. The summed E-state index contributed by atoms with van der Waals surface area (Å²) >= 11 is 0. The SMILES string of the molecule is Cc1cc(N2CCOC(C#N)C2)c([N+](=O)[O-])cc1F. The molecule has 0 bridgehead atoms. The summed E-state index contributed by atoms with van der Waals surface area (Å²) in [5.41, 5.74) is 0.370. The van der Waals surface area contributed by atoms with Crippen molar-refractivity contribution in [3.8, 4) is 6.07 Å². The van der Waals surface area contributed by atoms with E-state index >= 15 is 0 Å². The van der Waals surface area contributed by atoms with Crippen LogP contribution in [-0.4, -0.2) is 30.7 Å². The number of hydrogen-bond acceptors (Lipinski definition) is 5. The number of anilines is 1. The van der Waals surface area contributed by atoms with Crippen LogP contribution in [0.4, 0.5) is 15.8 Å². The van der Waals surface area contributed by atoms with Crippen LogP contribution >= 0.6 is 0 Å². The van der Waals surface area contributed by atoms with E-state index in [0.717, 1.165) is 6.07 Å². The second-order valence-electron chi connectivity index (χ2n) is 4.28. The lowest BCUT2D eigenvalue weighted by Gasteiger charge is -2.31. The molecule has 0 aromatic heterocycles. The van der Waals surface area contributed by atoms with Crippen molar-refractivity contribution in [2.75, 3.05) is 24.6 Å². The Labute approximate surface area is 109 Å². The molecule has 2 rings (SSSR count). The normalized spacial score (nSPS) is 19.0. The van der Waals surface area contributed by atoms with E-state index in [2.05, 4.69) is 0 Å². The van der Waals surface area contributed by atoms with Crippen LogP contribution in [0.25, 0.3) is 0 Å². The van der Waals surface area contributed by atoms with Crippen molar-refractivity contribution < 1.29 is 14.1 Å². The van der Waals surface area contributed by atoms with Crippen molar-refractivity contribution in [1.82, 2.24) is 0 Å². The van der Waals surface area contributed by atoms with Crippen LogP contribution in [0.1, 0.15) is 5.56 Å². The largest absolute Gasteiger partial charge is 0.360 e. The van der Waals surface area contributed by atoms with Crippen molar-refractivity contribution in [2.24, 2.45) is 0 Å². The van der Waals surface area contributed by atoms with Crippen LogP contribution in [0.2, 0.25) is 0 Å². The van der Waals surface area contributed by atoms with Crippen molar-refractivity contribution in [3.63, 3.8) is 0 Å². The molecule has 0 radical (unpaired) electrons. The summed E-state index contributed by atoms with van der Waals surface area (Å²) in [4.78, 5) is 12.1. The third-order valence-corrected chi connectivity index (χ3v) is 3.00. The molecule has 0 saturated carbocycles. The molecule has 1 aliphatic heterocycles. The molecule has 19 heavy (non-hydrogen) atoms. The van der Waals surface area contributed by atoms with Gasteiger partial charge in [0.05, 0.1) is 30.2 Å². The van der Waals surface area contributed by atoms with E-state index in [1.807, 2.05) is 6.07 Å². The summed E-state index contributed by atoms with van der Waals surface area (Å²) in [5, 5.41) is 19.8. The lowest BCUT2D eigenvalue weighted by molar-refractivity contribution is -0.384. The van der Waals surface area contributed by atoms with E-state index < -0.39 is 16.8 Å². The maximum atomic E-state index is 13.4. The van der Waals surface area contributed by atoms with Gasteiger partial charge in [-0.3, -0.25) is 10.1 Å². The van der Waals surface area contributed by atoms with Crippen molar-refractivity contribution in [3.05, 3.63) is 33.6 Å². The number of rotatable bonds is 2. The Hall–Kier alpha value is -2.20. The number of nitriles is 1. The van der Waals surface area contributed by atoms with Crippen molar-refractivity contribution in [1.29, 1.82) is 5.26 Å². The minimum atomic E-state index is -0.626. The molecule has 0 aliphatic carbocycles. The number of ether oxygens (including phenoxy) is 1. The first-order valence-electron chi connectivity index (χ1n) is 5.73. The Balaban J connectivity index is 2.40. The van der Waals surface area contributed by atoms with Gasteiger partial charge in [-0.25, -0.2) is 4.39 Å². The molecular formula is C12H12FN3O3. The minimum Gasteiger partial charge on any atom is -0.360 e. The van der Waals surface area contributed by atoms with Crippen molar-refractivity contribution >= 4 is 11.4 Å². The van der Waals surface area contributed by atoms with Crippen LogP contribution in [0, 0.1) is 34.2 Å². The zero-order valence-electron chi connectivity index (χ0n) is 10.3. The Morgan fingerprint density at radius 2 is 2.37 bits per heavy atom. The van der Waals surface area contributed by atoms with E-state index in [-0.39, 0.29) is 12.2 Å². The molecule has 1 aromatic carbocycles. The second kappa shape index (κ2) is 5.20. The molecule has 100 valence electrons. The van der Waals surface area contributed by atoms with Gasteiger partial charge in [-0.15, -0.1) is 0 Å². The van der Waals surface area contributed by atoms with Crippen LogP contribution in [0.3, 0.4) is 0 Å². The zero-order valence-corrected chi connectivity index (χ0v) is 10.3. The number of halogens is 1. The number of nitro benzene ring substituents is 1. The summed E-state index contributed by atoms with van der Waals surface area (Å²) in [6.45, 7) is 2.53. The number of nitrogens with zero attached hydrogens (tertiary/aromatic N) is 3. The molecule has 0 N–H and O–H groups in total. The maximum Gasteiger partial charge on any atom is 0.295 e. The predicted molar refractivity (Wildman–Crippen MR) is 65.4 cm³/mol. The summed E-state index contributed by atoms with van der Waals surface area (Å²) in [6.07, 6.45) is -0.626. The Morgan fingerprint density at radius 1 is 1.63 bits per heavy atom. The molecule has 0 spiro atoms. The average molecular weight is 265 g/mol. The zero-order chi connectivity index (χ0) is 14.0. The molecule has 6 nitrogen and oxygen atoms in total. The number of aryl methyl sites for hydroxylation is 1. The number of nitro groups is 1. The van der Waals surface area contributed by atoms with Crippen LogP contribution in [-0.2, 0) is 4.74 Å². The molecule has 1 saturated heterocycles. The smallest absolute Gasteiger partial charge is 0.295 e. The fourth-order valence-corrected chi connectivity index (χ4v) is 2.00. The van der Waals surface area contributed by atoms with Gasteiger partial charge in [-0.05, 0) is 18.6 Å². The summed E-state index contributed by atoms with van der Waals surface area (Å²) in [6, 6.07) is 4.33. The van der Waals surface area contributed by atoms with E-state index in [4.69, 9.17) is 10.00 Å². The fraction of sp³-hybridized carbons (Fsp3) is 0.417. The fourth-order valence-electron chi connectivity index (χ4n) is 2.00. The quantitative estimate of drug-likeness (QED) is 0.601. The van der Waals surface area contributed by atoms with Gasteiger partial charge in [0.1, 0.15) is 11.5 Å². The molecule has 1 atom stereocenters. The topological polar surface area (TPSA) is 79.4 Å². The first-order chi connectivity index (χ1) is 9.02. The van der Waals surface area contributed by atoms with Crippen LogP contribution in [0.5, 0.6) is 0 Å². The third-order valence-electron chi connectivity index (χ3n) is 3.00.